The molecule has 2 unspecified atom stereocenters. The number of amides is 2. The summed E-state index contributed by atoms with van der Waals surface area (Å²) in [5, 5.41) is 23.0. The number of nitriles is 1. The second-order valence-electron chi connectivity index (χ2n) is 19.9. The summed E-state index contributed by atoms with van der Waals surface area (Å²) < 4.78 is 106. The number of halogens is 5. The highest BCUT2D eigenvalue weighted by Crippen LogP contribution is 2.56. The number of benzene rings is 3. The van der Waals surface area contributed by atoms with Crippen LogP contribution in [0.25, 0.3) is 5.57 Å². The number of fused-ring (bicyclic) bond motifs is 1. The number of hydrogen-bond donors (Lipinski definition) is 5. The van der Waals surface area contributed by atoms with Crippen LogP contribution in [0.5, 0.6) is 23.0 Å². The van der Waals surface area contributed by atoms with E-state index < -0.39 is 33.8 Å². The Bertz CT molecular complexity index is 2650. The molecule has 22 heteroatoms. The van der Waals surface area contributed by atoms with Crippen LogP contribution in [0.3, 0.4) is 0 Å². The lowest BCUT2D eigenvalue weighted by atomic mass is 9.49. The van der Waals surface area contributed by atoms with Crippen LogP contribution in [-0.2, 0) is 24.3 Å². The summed E-state index contributed by atoms with van der Waals surface area (Å²) in [6.45, 7) is 11.5. The van der Waals surface area contributed by atoms with Gasteiger partial charge in [0, 0.05) is 79.5 Å². The average molecular weight is 1030 g/mol. The van der Waals surface area contributed by atoms with Crippen LogP contribution in [0.4, 0.5) is 23.2 Å². The summed E-state index contributed by atoms with van der Waals surface area (Å²) in [5.41, 5.74) is 0.256. The van der Waals surface area contributed by atoms with E-state index in [1.807, 2.05) is 4.72 Å². The largest absolute Gasteiger partial charge is 0.489 e. The molecule has 1 saturated carbocycles. The highest BCUT2D eigenvalue weighted by molar-refractivity contribution is 7.92. The molecule has 2 atom stereocenters. The van der Waals surface area contributed by atoms with Crippen molar-refractivity contribution in [2.24, 2.45) is 22.7 Å². The molecule has 1 aliphatic carbocycles. The fraction of sp³-hybridized carbons (Fsp3) is 0.531. The van der Waals surface area contributed by atoms with Gasteiger partial charge in [-0.3, -0.25) is 29.8 Å². The summed E-state index contributed by atoms with van der Waals surface area (Å²) in [5.74, 6) is -3.47. The standard InChI is InChI=1S/C49H59ClF4N8O8S/c1-47(2)44(48(3,4)45(47)69-32-11-9-28(23-55)36(50)22-32)59-42(63)29-24-57-46(58-25-29)62-17-14-31(15-18-62)67-19-20-68-38-7-6-8-39(40(38)51)70-37-12-10-30(60-71(65,66)27-49(52,53)54)21-34(37)35-26-61(5)43(64)41-33(35)13-16-56-41/h6-12,21-22,26,29,31,33,41,44-46,56-58,60H,13-20,24-25,27H2,1-5H3,(H,59,63). The minimum absolute atomic E-state index is 0.0337. The van der Waals surface area contributed by atoms with Gasteiger partial charge in [0.15, 0.2) is 17.3 Å². The van der Waals surface area contributed by atoms with E-state index >= 15 is 4.39 Å². The summed E-state index contributed by atoms with van der Waals surface area (Å²) in [7, 11) is -3.28. The van der Waals surface area contributed by atoms with E-state index in [2.05, 4.69) is 59.9 Å². The van der Waals surface area contributed by atoms with Crippen LogP contribution in [0, 0.1) is 39.8 Å². The molecule has 8 rings (SSSR count). The molecule has 5 aliphatic rings. The Morgan fingerprint density at radius 1 is 0.958 bits per heavy atom. The van der Waals surface area contributed by atoms with Crippen LogP contribution in [0.15, 0.2) is 60.8 Å². The zero-order valence-electron chi connectivity index (χ0n) is 40.0. The molecular formula is C49H59ClF4N8O8S. The van der Waals surface area contributed by atoms with Crippen LogP contribution in [0.1, 0.15) is 58.1 Å². The van der Waals surface area contributed by atoms with Crippen LogP contribution >= 0.6 is 11.6 Å². The van der Waals surface area contributed by atoms with E-state index in [9.17, 15) is 36.4 Å². The van der Waals surface area contributed by atoms with Gasteiger partial charge in [-0.05, 0) is 73.8 Å². The summed E-state index contributed by atoms with van der Waals surface area (Å²) >= 11 is 6.25. The number of ether oxygens (including phenoxy) is 4. The van der Waals surface area contributed by atoms with Crippen molar-refractivity contribution in [2.45, 2.75) is 83.7 Å². The molecule has 4 aliphatic heterocycles. The molecule has 0 aromatic heterocycles. The molecule has 3 aromatic rings. The SMILES string of the molecule is CN1C=C(c2cc(NS(=O)(=O)CC(F)(F)F)ccc2Oc2cccc(OCCOC3CCN(C4NCC(C(=O)NC5C(C)(C)C(Oc6ccc(C#N)c(Cl)c6)C5(C)C)CN4)CC3)c2F)C2CCNC2C1=O. The van der Waals surface area contributed by atoms with Crippen molar-refractivity contribution < 1.29 is 54.5 Å². The normalized spacial score (nSPS) is 25.6. The van der Waals surface area contributed by atoms with Gasteiger partial charge in [-0.25, -0.2) is 8.42 Å². The summed E-state index contributed by atoms with van der Waals surface area (Å²) in [6.07, 6.45) is -1.76. The molecule has 5 N–H and O–H groups in total. The van der Waals surface area contributed by atoms with Gasteiger partial charge < -0.3 is 34.5 Å². The van der Waals surface area contributed by atoms with Gasteiger partial charge in [-0.1, -0.05) is 45.4 Å². The molecule has 0 bridgehead atoms. The topological polar surface area (TPSA) is 196 Å². The Morgan fingerprint density at radius 2 is 1.66 bits per heavy atom. The highest BCUT2D eigenvalue weighted by Gasteiger charge is 2.64. The van der Waals surface area contributed by atoms with E-state index in [0.29, 0.717) is 48.0 Å². The van der Waals surface area contributed by atoms with Crippen molar-refractivity contribution in [1.29, 1.82) is 5.26 Å². The molecule has 16 nitrogen and oxygen atoms in total. The number of likely N-dealkylation sites (tertiary alicyclic amines) is 1. The van der Waals surface area contributed by atoms with Crippen molar-refractivity contribution in [1.82, 2.24) is 31.1 Å². The fourth-order valence-corrected chi connectivity index (χ4v) is 12.1. The zero-order chi connectivity index (χ0) is 51.0. The van der Waals surface area contributed by atoms with E-state index in [0.717, 1.165) is 25.9 Å². The molecule has 3 aromatic carbocycles. The third kappa shape index (κ3) is 11.5. The first-order chi connectivity index (χ1) is 33.5. The molecular weight excluding hydrogens is 972 g/mol. The van der Waals surface area contributed by atoms with Crippen LogP contribution < -0.4 is 40.2 Å². The number of carbonyl (C=O) groups excluding carboxylic acids is 2. The van der Waals surface area contributed by atoms with Crippen molar-refractivity contribution in [3.8, 4) is 29.1 Å². The Hall–Kier alpha value is -5.21. The number of rotatable bonds is 16. The maximum absolute atomic E-state index is 16.0. The molecule has 4 fully saturated rings. The molecule has 2 amide bonds. The predicted molar refractivity (Wildman–Crippen MR) is 256 cm³/mol. The molecule has 384 valence electrons. The number of anilines is 1. The van der Waals surface area contributed by atoms with Crippen molar-refractivity contribution in [2.75, 3.05) is 63.5 Å². The predicted octanol–water partition coefficient (Wildman–Crippen LogP) is 6.19. The first kappa shape index (κ1) is 52.1. The van der Waals surface area contributed by atoms with Crippen molar-refractivity contribution >= 4 is 44.7 Å². The number of sulfonamides is 1. The van der Waals surface area contributed by atoms with Gasteiger partial charge in [0.1, 0.15) is 36.6 Å². The lowest BCUT2D eigenvalue weighted by Gasteiger charge is -2.63. The van der Waals surface area contributed by atoms with Crippen LogP contribution in [-0.4, -0.2) is 126 Å². The number of piperidine rings is 1. The fourth-order valence-electron chi connectivity index (χ4n) is 10.9. The molecule has 0 radical (unpaired) electrons. The Kier molecular flexibility index (Phi) is 15.2. The third-order valence-corrected chi connectivity index (χ3v) is 15.7. The van der Waals surface area contributed by atoms with Gasteiger partial charge >= 0.3 is 6.18 Å². The second kappa shape index (κ2) is 20.7. The Labute approximate surface area is 415 Å². The maximum Gasteiger partial charge on any atom is 0.404 e. The summed E-state index contributed by atoms with van der Waals surface area (Å²) in [6, 6.07) is 14.6. The number of carbonyl (C=O) groups is 2. The molecule has 3 saturated heterocycles. The number of alkyl halides is 3. The second-order valence-corrected chi connectivity index (χ2v) is 22.1. The average Bonchev–Trinajstić information content (AvgIpc) is 3.81. The first-order valence-corrected chi connectivity index (χ1v) is 25.6. The van der Waals surface area contributed by atoms with Crippen molar-refractivity contribution in [3.63, 3.8) is 0 Å². The zero-order valence-corrected chi connectivity index (χ0v) is 41.6. The lowest BCUT2D eigenvalue weighted by molar-refractivity contribution is -0.174. The molecule has 0 spiro atoms. The quantitative estimate of drug-likeness (QED) is 0.0807. The molecule has 4 heterocycles. The highest BCUT2D eigenvalue weighted by atomic mass is 35.5. The Morgan fingerprint density at radius 3 is 2.34 bits per heavy atom. The lowest BCUT2D eigenvalue weighted by Crippen LogP contribution is -2.75. The minimum Gasteiger partial charge on any atom is -0.489 e. The summed E-state index contributed by atoms with van der Waals surface area (Å²) in [4.78, 5) is 30.2. The maximum atomic E-state index is 16.0. The minimum atomic E-state index is -4.98. The number of nitrogens with zero attached hydrogens (tertiary/aromatic N) is 3. The monoisotopic (exact) mass is 1030 g/mol. The van der Waals surface area contributed by atoms with E-state index in [1.165, 1.54) is 41.3 Å². The number of nitrogens with one attached hydrogen (secondary N) is 5. The Balaban J connectivity index is 0.800. The molecule has 71 heavy (non-hydrogen) atoms. The van der Waals surface area contributed by atoms with Gasteiger partial charge in [0.25, 0.3) is 0 Å². The van der Waals surface area contributed by atoms with Gasteiger partial charge in [0.2, 0.25) is 27.7 Å². The van der Waals surface area contributed by atoms with Gasteiger partial charge in [-0.2, -0.15) is 22.8 Å². The number of hydrogen-bond acceptors (Lipinski definition) is 13. The van der Waals surface area contributed by atoms with Gasteiger partial charge in [-0.15, -0.1) is 0 Å². The van der Waals surface area contributed by atoms with Crippen molar-refractivity contribution in [3.05, 3.63) is 82.8 Å². The van der Waals surface area contributed by atoms with E-state index in [4.69, 9.17) is 30.5 Å². The van der Waals surface area contributed by atoms with E-state index in [1.54, 1.807) is 31.4 Å². The number of likely N-dealkylation sites (N-methyl/N-ethyl adjacent to an activating group) is 1. The first-order valence-electron chi connectivity index (χ1n) is 23.6. The smallest absolute Gasteiger partial charge is 0.404 e. The van der Waals surface area contributed by atoms with Crippen LogP contribution in [0.2, 0.25) is 5.02 Å². The van der Waals surface area contributed by atoms with E-state index in [-0.39, 0.29) is 101 Å². The third-order valence-electron chi connectivity index (χ3n) is 14.1. The van der Waals surface area contributed by atoms with Gasteiger partial charge in [0.05, 0.1) is 35.3 Å².